The predicted octanol–water partition coefficient (Wildman–Crippen LogP) is 13.2. The van der Waals surface area contributed by atoms with E-state index in [1.165, 1.54) is 46.8 Å². The zero-order chi connectivity index (χ0) is 33.5. The van der Waals surface area contributed by atoms with Crippen LogP contribution in [-0.2, 0) is 0 Å². The lowest BCUT2D eigenvalue weighted by atomic mass is 9.95. The van der Waals surface area contributed by atoms with Gasteiger partial charge in [0.1, 0.15) is 11.2 Å². The van der Waals surface area contributed by atoms with Crippen LogP contribution in [0.15, 0.2) is 156 Å². The summed E-state index contributed by atoms with van der Waals surface area (Å²) in [4.78, 5) is 15.3. The largest absolute Gasteiger partial charge is 0.456 e. The van der Waals surface area contributed by atoms with Gasteiger partial charge >= 0.3 is 0 Å². The highest BCUT2D eigenvalue weighted by atomic mass is 32.1. The van der Waals surface area contributed by atoms with E-state index in [1.807, 2.05) is 65.9 Å². The molecule has 4 heterocycles. The van der Waals surface area contributed by atoms with Gasteiger partial charge in [-0.25, -0.2) is 15.0 Å². The van der Waals surface area contributed by atoms with Gasteiger partial charge in [-0.2, -0.15) is 0 Å². The van der Waals surface area contributed by atoms with Crippen molar-refractivity contribution >= 4 is 85.0 Å². The first kappa shape index (κ1) is 28.6. The van der Waals surface area contributed by atoms with Gasteiger partial charge in [-0.3, -0.25) is 0 Å². The molecule has 0 bridgehead atoms. The van der Waals surface area contributed by atoms with Crippen molar-refractivity contribution in [3.63, 3.8) is 0 Å². The number of furan rings is 1. The molecule has 0 atom stereocenters. The molecule has 7 aromatic carbocycles. The van der Waals surface area contributed by atoms with E-state index < -0.39 is 0 Å². The quantitative estimate of drug-likeness (QED) is 0.185. The molecule has 4 aromatic heterocycles. The van der Waals surface area contributed by atoms with E-state index in [-0.39, 0.29) is 0 Å². The fraction of sp³-hybridized carbons (Fsp3) is 0. The van der Waals surface area contributed by atoms with Gasteiger partial charge in [0.15, 0.2) is 17.5 Å². The maximum atomic E-state index is 6.26. The van der Waals surface area contributed by atoms with Crippen molar-refractivity contribution in [1.29, 1.82) is 0 Å². The van der Waals surface area contributed by atoms with Gasteiger partial charge < -0.3 is 4.42 Å². The van der Waals surface area contributed by atoms with E-state index in [1.54, 1.807) is 11.3 Å². The molecule has 238 valence electrons. The average molecular weight is 688 g/mol. The second-order valence-corrected chi connectivity index (χ2v) is 14.9. The molecule has 0 aliphatic rings. The Kier molecular flexibility index (Phi) is 6.26. The minimum absolute atomic E-state index is 0.607. The lowest BCUT2D eigenvalue weighted by Gasteiger charge is -2.10. The van der Waals surface area contributed by atoms with Crippen molar-refractivity contribution < 1.29 is 4.42 Å². The third-order valence-electron chi connectivity index (χ3n) is 9.76. The molecular weight excluding hydrogens is 663 g/mol. The molecule has 0 spiro atoms. The maximum absolute atomic E-state index is 6.26. The van der Waals surface area contributed by atoms with Crippen molar-refractivity contribution in [2.24, 2.45) is 0 Å². The van der Waals surface area contributed by atoms with Gasteiger partial charge in [0.25, 0.3) is 0 Å². The van der Waals surface area contributed by atoms with Crippen LogP contribution in [0.1, 0.15) is 0 Å². The Labute approximate surface area is 299 Å². The van der Waals surface area contributed by atoms with Crippen LogP contribution in [0.4, 0.5) is 0 Å². The summed E-state index contributed by atoms with van der Waals surface area (Å²) in [5, 5.41) is 7.25. The fourth-order valence-electron chi connectivity index (χ4n) is 7.45. The van der Waals surface area contributed by atoms with Crippen molar-refractivity contribution in [2.75, 3.05) is 0 Å². The molecule has 0 amide bonds. The molecule has 0 unspecified atom stereocenters. The summed E-state index contributed by atoms with van der Waals surface area (Å²) in [5.41, 5.74) is 6.98. The number of rotatable bonds is 4. The lowest BCUT2D eigenvalue weighted by molar-refractivity contribution is 0.669. The number of thiophene rings is 2. The summed E-state index contributed by atoms with van der Waals surface area (Å²) in [6.07, 6.45) is 0. The van der Waals surface area contributed by atoms with Gasteiger partial charge in [0.05, 0.1) is 0 Å². The minimum atomic E-state index is 0.607. The van der Waals surface area contributed by atoms with Crippen LogP contribution in [0, 0.1) is 0 Å². The van der Waals surface area contributed by atoms with Crippen LogP contribution in [0.25, 0.3) is 108 Å². The highest BCUT2D eigenvalue weighted by Crippen LogP contribution is 2.47. The van der Waals surface area contributed by atoms with Crippen molar-refractivity contribution in [1.82, 2.24) is 15.0 Å². The van der Waals surface area contributed by atoms with E-state index in [4.69, 9.17) is 19.4 Å². The van der Waals surface area contributed by atoms with Gasteiger partial charge in [-0.05, 0) is 53.6 Å². The van der Waals surface area contributed by atoms with E-state index in [2.05, 4.69) is 97.1 Å². The van der Waals surface area contributed by atoms with Gasteiger partial charge in [0, 0.05) is 67.8 Å². The fourth-order valence-corrected chi connectivity index (χ4v) is 9.82. The average Bonchev–Trinajstić information content (AvgIpc) is 3.89. The standard InChI is InChI=1S/C45H25N3OS2/c1-2-11-26(12-3-1)43-46-44(27-23-24-29-28-13-4-6-19-35(28)49-36(29)25-27)48-45(47-43)34-18-8-17-33-41-31(16-10-22-39(41)51-42(33)34)30-15-9-21-38-40(30)32-14-5-7-20-37(32)50-38/h1-25H. The Balaban J connectivity index is 1.14. The monoisotopic (exact) mass is 687 g/mol. The third kappa shape index (κ3) is 4.47. The molecular formula is C45H25N3OS2. The number of hydrogen-bond donors (Lipinski definition) is 0. The maximum Gasteiger partial charge on any atom is 0.165 e. The summed E-state index contributed by atoms with van der Waals surface area (Å²) in [7, 11) is 0. The number of aromatic nitrogens is 3. The Morgan fingerprint density at radius 1 is 0.373 bits per heavy atom. The van der Waals surface area contributed by atoms with Gasteiger partial charge in [0.2, 0.25) is 0 Å². The Morgan fingerprint density at radius 2 is 0.961 bits per heavy atom. The molecule has 0 saturated carbocycles. The molecule has 6 heteroatoms. The van der Waals surface area contributed by atoms with E-state index in [0.717, 1.165) is 43.3 Å². The third-order valence-corrected chi connectivity index (χ3v) is 12.1. The van der Waals surface area contributed by atoms with Crippen molar-refractivity contribution in [3.05, 3.63) is 152 Å². The number of benzene rings is 7. The summed E-state index contributed by atoms with van der Waals surface area (Å²) in [6, 6.07) is 53.1. The van der Waals surface area contributed by atoms with Crippen LogP contribution in [0.3, 0.4) is 0 Å². The normalized spacial score (nSPS) is 11.9. The molecule has 0 aliphatic carbocycles. The summed E-state index contributed by atoms with van der Waals surface area (Å²) in [6.45, 7) is 0. The van der Waals surface area contributed by atoms with Crippen molar-refractivity contribution in [3.8, 4) is 45.3 Å². The van der Waals surface area contributed by atoms with Crippen LogP contribution in [0.2, 0.25) is 0 Å². The van der Waals surface area contributed by atoms with E-state index in [0.29, 0.717) is 17.5 Å². The number of para-hydroxylation sites is 1. The van der Waals surface area contributed by atoms with Gasteiger partial charge in [-0.1, -0.05) is 109 Å². The Hall–Kier alpha value is -6.21. The molecule has 0 saturated heterocycles. The molecule has 11 rings (SSSR count). The minimum Gasteiger partial charge on any atom is -0.456 e. The molecule has 4 nitrogen and oxygen atoms in total. The molecule has 11 aromatic rings. The molecule has 51 heavy (non-hydrogen) atoms. The first-order chi connectivity index (χ1) is 25.3. The number of fused-ring (bicyclic) bond motifs is 9. The predicted molar refractivity (Wildman–Crippen MR) is 215 cm³/mol. The van der Waals surface area contributed by atoms with Gasteiger partial charge in [-0.15, -0.1) is 22.7 Å². The van der Waals surface area contributed by atoms with E-state index in [9.17, 15) is 0 Å². The number of hydrogen-bond acceptors (Lipinski definition) is 6. The smallest absolute Gasteiger partial charge is 0.165 e. The highest BCUT2D eigenvalue weighted by molar-refractivity contribution is 7.26. The first-order valence-corrected chi connectivity index (χ1v) is 18.5. The topological polar surface area (TPSA) is 51.8 Å². The van der Waals surface area contributed by atoms with E-state index >= 15 is 0 Å². The zero-order valence-electron chi connectivity index (χ0n) is 27.0. The summed E-state index contributed by atoms with van der Waals surface area (Å²) < 4.78 is 11.3. The molecule has 0 aliphatic heterocycles. The lowest BCUT2D eigenvalue weighted by Crippen LogP contribution is -2.00. The summed E-state index contributed by atoms with van der Waals surface area (Å²) >= 11 is 3.65. The second-order valence-electron chi connectivity index (χ2n) is 12.7. The summed E-state index contributed by atoms with van der Waals surface area (Å²) in [5.74, 6) is 1.89. The van der Waals surface area contributed by atoms with Crippen LogP contribution >= 0.6 is 22.7 Å². The van der Waals surface area contributed by atoms with Crippen LogP contribution in [-0.4, -0.2) is 15.0 Å². The van der Waals surface area contributed by atoms with Crippen molar-refractivity contribution in [2.45, 2.75) is 0 Å². The molecule has 0 radical (unpaired) electrons. The Bertz CT molecular complexity index is 3160. The zero-order valence-corrected chi connectivity index (χ0v) is 28.6. The Morgan fingerprint density at radius 3 is 1.80 bits per heavy atom. The molecule has 0 fully saturated rings. The van der Waals surface area contributed by atoms with Crippen LogP contribution < -0.4 is 0 Å². The first-order valence-electron chi connectivity index (χ1n) is 16.9. The SMILES string of the molecule is c1ccc(-c2nc(-c3ccc4c(c3)oc3ccccc34)nc(-c3cccc4c3sc3cccc(-c5cccc6sc7ccccc7c56)c34)n2)cc1. The second kappa shape index (κ2) is 11.2. The number of nitrogens with zero attached hydrogens (tertiary/aromatic N) is 3. The molecule has 0 N–H and O–H groups in total. The van der Waals surface area contributed by atoms with Crippen LogP contribution in [0.5, 0.6) is 0 Å². The highest BCUT2D eigenvalue weighted by Gasteiger charge is 2.20.